The van der Waals surface area contributed by atoms with Crippen LogP contribution in [0.4, 0.5) is 0 Å². The van der Waals surface area contributed by atoms with Crippen LogP contribution in [0.1, 0.15) is 26.7 Å². The summed E-state index contributed by atoms with van der Waals surface area (Å²) in [5, 5.41) is 8.61. The molecular formula is C7H12O. The highest BCUT2D eigenvalue weighted by molar-refractivity contribution is 5.02. The van der Waals surface area contributed by atoms with E-state index in [1.165, 1.54) is 0 Å². The summed E-state index contributed by atoms with van der Waals surface area (Å²) >= 11 is 0. The van der Waals surface area contributed by atoms with Crippen molar-refractivity contribution in [2.45, 2.75) is 32.8 Å². The number of aliphatic hydroxyl groups is 1. The first-order chi connectivity index (χ1) is 3.77. The molecule has 0 aromatic rings. The van der Waals surface area contributed by atoms with Gasteiger partial charge in [0, 0.05) is 6.42 Å². The van der Waals surface area contributed by atoms with E-state index >= 15 is 0 Å². The molecular weight excluding hydrogens is 100 g/mol. The van der Waals surface area contributed by atoms with E-state index in [9.17, 15) is 0 Å². The molecule has 1 atom stereocenters. The van der Waals surface area contributed by atoms with Crippen LogP contribution in [0.5, 0.6) is 0 Å². The monoisotopic (exact) mass is 112 g/mol. The Kier molecular flexibility index (Phi) is 4.39. The van der Waals surface area contributed by atoms with E-state index in [1.54, 1.807) is 6.92 Å². The molecule has 0 saturated carbocycles. The predicted molar refractivity (Wildman–Crippen MR) is 34.4 cm³/mol. The van der Waals surface area contributed by atoms with Gasteiger partial charge in [0.2, 0.25) is 0 Å². The predicted octanol–water partition coefficient (Wildman–Crippen LogP) is 1.17. The number of aliphatic hydroxyl groups excluding tert-OH is 1. The van der Waals surface area contributed by atoms with Gasteiger partial charge in [-0.05, 0) is 13.3 Å². The fourth-order valence-corrected chi connectivity index (χ4v) is 0.345. The van der Waals surface area contributed by atoms with E-state index in [1.807, 2.05) is 0 Å². The molecule has 0 saturated heterocycles. The third-order valence-corrected chi connectivity index (χ3v) is 0.686. The summed E-state index contributed by atoms with van der Waals surface area (Å²) in [7, 11) is 0. The maximum Gasteiger partial charge on any atom is 0.111 e. The van der Waals surface area contributed by atoms with E-state index in [-0.39, 0.29) is 0 Å². The van der Waals surface area contributed by atoms with Gasteiger partial charge in [-0.25, -0.2) is 0 Å². The first kappa shape index (κ1) is 7.52. The van der Waals surface area contributed by atoms with E-state index in [4.69, 9.17) is 5.11 Å². The summed E-state index contributed by atoms with van der Waals surface area (Å²) in [6.45, 7) is 3.74. The zero-order valence-corrected chi connectivity index (χ0v) is 5.44. The maximum atomic E-state index is 8.61. The number of unbranched alkanes of at least 4 members (excludes halogenated alkanes) is 1. The lowest BCUT2D eigenvalue weighted by Gasteiger charge is -1.85. The van der Waals surface area contributed by atoms with Crippen molar-refractivity contribution in [1.29, 1.82) is 0 Å². The lowest BCUT2D eigenvalue weighted by molar-refractivity contribution is 0.253. The smallest absolute Gasteiger partial charge is 0.111 e. The van der Waals surface area contributed by atoms with Crippen molar-refractivity contribution in [3.8, 4) is 11.8 Å². The number of rotatable bonds is 1. The molecule has 0 bridgehead atoms. The van der Waals surface area contributed by atoms with Crippen LogP contribution in [-0.4, -0.2) is 11.2 Å². The van der Waals surface area contributed by atoms with Crippen molar-refractivity contribution >= 4 is 0 Å². The minimum absolute atomic E-state index is 0.457. The summed E-state index contributed by atoms with van der Waals surface area (Å²) in [5.74, 6) is 5.49. The van der Waals surface area contributed by atoms with E-state index in [2.05, 4.69) is 18.8 Å². The Morgan fingerprint density at radius 3 is 2.62 bits per heavy atom. The van der Waals surface area contributed by atoms with Crippen molar-refractivity contribution in [2.24, 2.45) is 0 Å². The highest BCUT2D eigenvalue weighted by Gasteiger charge is 1.79. The fraction of sp³-hybridized carbons (Fsp3) is 0.714. The summed E-state index contributed by atoms with van der Waals surface area (Å²) < 4.78 is 0. The van der Waals surface area contributed by atoms with Crippen LogP contribution in [-0.2, 0) is 0 Å². The second-order valence-electron chi connectivity index (χ2n) is 1.75. The van der Waals surface area contributed by atoms with Crippen LogP contribution in [0.25, 0.3) is 0 Å². The van der Waals surface area contributed by atoms with Gasteiger partial charge in [-0.3, -0.25) is 0 Å². The molecule has 0 rings (SSSR count). The summed E-state index contributed by atoms with van der Waals surface area (Å²) in [6, 6.07) is 0. The Hall–Kier alpha value is -0.480. The normalized spacial score (nSPS) is 11.9. The molecule has 0 aromatic heterocycles. The minimum Gasteiger partial charge on any atom is -0.381 e. The molecule has 0 spiro atoms. The standard InChI is InChI=1S/C7H12O/c1-3-4-5-6-7(2)8/h7-8H,3-4H2,1-2H3/t7-/m1/s1. The molecule has 0 fully saturated rings. The van der Waals surface area contributed by atoms with Crippen LogP contribution in [0.15, 0.2) is 0 Å². The summed E-state index contributed by atoms with van der Waals surface area (Å²) in [6.07, 6.45) is 1.51. The molecule has 1 N–H and O–H groups in total. The summed E-state index contributed by atoms with van der Waals surface area (Å²) in [4.78, 5) is 0. The molecule has 46 valence electrons. The molecule has 0 aliphatic heterocycles. The lowest BCUT2D eigenvalue weighted by Crippen LogP contribution is -1.91. The van der Waals surface area contributed by atoms with Gasteiger partial charge in [-0.1, -0.05) is 12.8 Å². The zero-order chi connectivity index (χ0) is 6.41. The molecule has 8 heavy (non-hydrogen) atoms. The minimum atomic E-state index is -0.457. The maximum absolute atomic E-state index is 8.61. The highest BCUT2D eigenvalue weighted by Crippen LogP contribution is 1.82. The van der Waals surface area contributed by atoms with Crippen LogP contribution in [0.3, 0.4) is 0 Å². The first-order valence-electron chi connectivity index (χ1n) is 2.93. The van der Waals surface area contributed by atoms with Crippen molar-refractivity contribution < 1.29 is 5.11 Å². The zero-order valence-electron chi connectivity index (χ0n) is 5.44. The first-order valence-corrected chi connectivity index (χ1v) is 2.93. The second-order valence-corrected chi connectivity index (χ2v) is 1.75. The van der Waals surface area contributed by atoms with Crippen molar-refractivity contribution in [3.63, 3.8) is 0 Å². The fourth-order valence-electron chi connectivity index (χ4n) is 0.345. The molecule has 0 unspecified atom stereocenters. The van der Waals surface area contributed by atoms with Gasteiger partial charge in [-0.15, -0.1) is 5.92 Å². The number of hydrogen-bond acceptors (Lipinski definition) is 1. The molecule has 0 aliphatic rings. The average Bonchev–Trinajstić information content (AvgIpc) is 1.66. The average molecular weight is 112 g/mol. The second kappa shape index (κ2) is 4.67. The molecule has 0 radical (unpaired) electrons. The van der Waals surface area contributed by atoms with Crippen LogP contribution < -0.4 is 0 Å². The largest absolute Gasteiger partial charge is 0.381 e. The van der Waals surface area contributed by atoms with Crippen molar-refractivity contribution in [3.05, 3.63) is 0 Å². The van der Waals surface area contributed by atoms with Gasteiger partial charge >= 0.3 is 0 Å². The highest BCUT2D eigenvalue weighted by atomic mass is 16.3. The van der Waals surface area contributed by atoms with Crippen LogP contribution >= 0.6 is 0 Å². The van der Waals surface area contributed by atoms with Gasteiger partial charge < -0.3 is 5.11 Å². The third kappa shape index (κ3) is 5.52. The molecule has 1 heteroatoms. The summed E-state index contributed by atoms with van der Waals surface area (Å²) in [5.41, 5.74) is 0. The Labute approximate surface area is 50.7 Å². The Bertz CT molecular complexity index is 94.7. The van der Waals surface area contributed by atoms with Gasteiger partial charge in [0.05, 0.1) is 0 Å². The Morgan fingerprint density at radius 2 is 2.25 bits per heavy atom. The van der Waals surface area contributed by atoms with Gasteiger partial charge in [0.25, 0.3) is 0 Å². The van der Waals surface area contributed by atoms with Crippen molar-refractivity contribution in [1.82, 2.24) is 0 Å². The molecule has 0 aliphatic carbocycles. The third-order valence-electron chi connectivity index (χ3n) is 0.686. The van der Waals surface area contributed by atoms with E-state index in [0.29, 0.717) is 0 Å². The lowest BCUT2D eigenvalue weighted by atomic mass is 10.3. The molecule has 0 amide bonds. The molecule has 0 heterocycles. The molecule has 0 aromatic carbocycles. The molecule has 1 nitrogen and oxygen atoms in total. The SMILES string of the molecule is CCCC#C[C@@H](C)O. The van der Waals surface area contributed by atoms with Crippen LogP contribution in [0.2, 0.25) is 0 Å². The quantitative estimate of drug-likeness (QED) is 0.505. The van der Waals surface area contributed by atoms with Gasteiger partial charge in [0.15, 0.2) is 0 Å². The van der Waals surface area contributed by atoms with Crippen molar-refractivity contribution in [2.75, 3.05) is 0 Å². The van der Waals surface area contributed by atoms with E-state index < -0.39 is 6.10 Å². The van der Waals surface area contributed by atoms with Gasteiger partial charge in [0.1, 0.15) is 6.10 Å². The Morgan fingerprint density at radius 1 is 1.62 bits per heavy atom. The van der Waals surface area contributed by atoms with E-state index in [0.717, 1.165) is 12.8 Å². The Balaban J connectivity index is 3.20. The van der Waals surface area contributed by atoms with Crippen LogP contribution in [0, 0.1) is 11.8 Å². The number of hydrogen-bond donors (Lipinski definition) is 1. The topological polar surface area (TPSA) is 20.2 Å². The van der Waals surface area contributed by atoms with Gasteiger partial charge in [-0.2, -0.15) is 0 Å².